The van der Waals surface area contributed by atoms with Crippen molar-refractivity contribution < 1.29 is 13.2 Å². The molecule has 0 aliphatic carbocycles. The number of rotatable bonds is 4. The monoisotopic (exact) mass is 359 g/mol. The van der Waals surface area contributed by atoms with Crippen molar-refractivity contribution in [3.05, 3.63) is 66.0 Å². The molecule has 1 aliphatic rings. The lowest BCUT2D eigenvalue weighted by atomic mass is 10.1. The Hall–Kier alpha value is -2.34. The molecular weight excluding hydrogens is 339 g/mol. The van der Waals surface area contributed by atoms with Crippen molar-refractivity contribution in [1.82, 2.24) is 14.5 Å². The molecule has 0 radical (unpaired) electrons. The summed E-state index contributed by atoms with van der Waals surface area (Å²) in [5.74, 6) is -0.801. The number of fused-ring (bicyclic) bond motifs is 1. The molecule has 1 aliphatic heterocycles. The van der Waals surface area contributed by atoms with Gasteiger partial charge in [-0.1, -0.05) is 42.5 Å². The van der Waals surface area contributed by atoms with Gasteiger partial charge in [-0.3, -0.25) is 4.90 Å². The minimum atomic E-state index is -4.46. The molecular formula is C20H20F3N3. The van der Waals surface area contributed by atoms with E-state index in [1.807, 2.05) is 18.2 Å². The first kappa shape index (κ1) is 17.1. The smallest absolute Gasteiger partial charge is 0.319 e. The molecule has 0 spiro atoms. The van der Waals surface area contributed by atoms with Gasteiger partial charge in [-0.15, -0.1) is 0 Å². The number of likely N-dealkylation sites (tertiary alicyclic amines) is 1. The molecule has 1 aromatic heterocycles. The Balaban J connectivity index is 1.64. The molecule has 1 saturated heterocycles. The van der Waals surface area contributed by atoms with Crippen LogP contribution in [0.4, 0.5) is 13.2 Å². The SMILES string of the molecule is FC(F)(F)c1nc2ccccc2n1C[C@@H]1CCCN1Cc1ccccc1. The van der Waals surface area contributed by atoms with E-state index in [1.54, 1.807) is 24.3 Å². The van der Waals surface area contributed by atoms with Gasteiger partial charge in [0.25, 0.3) is 0 Å². The molecule has 0 N–H and O–H groups in total. The second kappa shape index (κ2) is 6.76. The van der Waals surface area contributed by atoms with Crippen LogP contribution in [0.15, 0.2) is 54.6 Å². The van der Waals surface area contributed by atoms with Crippen molar-refractivity contribution in [1.29, 1.82) is 0 Å². The molecule has 0 bridgehead atoms. The Morgan fingerprint density at radius 1 is 1.00 bits per heavy atom. The normalized spacial score (nSPS) is 18.7. The molecule has 0 unspecified atom stereocenters. The van der Waals surface area contributed by atoms with Crippen molar-refractivity contribution >= 4 is 11.0 Å². The summed E-state index contributed by atoms with van der Waals surface area (Å²) < 4.78 is 41.9. The Bertz CT molecular complexity index is 886. The number of hydrogen-bond donors (Lipinski definition) is 0. The fourth-order valence-corrected chi connectivity index (χ4v) is 3.82. The molecule has 1 atom stereocenters. The largest absolute Gasteiger partial charge is 0.449 e. The van der Waals surface area contributed by atoms with Crippen LogP contribution in [-0.2, 0) is 19.3 Å². The lowest BCUT2D eigenvalue weighted by molar-refractivity contribution is -0.147. The first-order valence-electron chi connectivity index (χ1n) is 8.83. The summed E-state index contributed by atoms with van der Waals surface area (Å²) in [6.07, 6.45) is -2.55. The van der Waals surface area contributed by atoms with Gasteiger partial charge in [0, 0.05) is 19.1 Å². The highest BCUT2D eigenvalue weighted by Gasteiger charge is 2.38. The third-order valence-electron chi connectivity index (χ3n) is 5.03. The van der Waals surface area contributed by atoms with Crippen molar-refractivity contribution in [3.8, 4) is 0 Å². The molecule has 3 nitrogen and oxygen atoms in total. The third kappa shape index (κ3) is 3.33. The fraction of sp³-hybridized carbons (Fsp3) is 0.350. The Kier molecular flexibility index (Phi) is 4.44. The van der Waals surface area contributed by atoms with E-state index in [0.717, 1.165) is 25.9 Å². The van der Waals surface area contributed by atoms with E-state index in [-0.39, 0.29) is 6.04 Å². The van der Waals surface area contributed by atoms with E-state index < -0.39 is 12.0 Å². The van der Waals surface area contributed by atoms with E-state index in [0.29, 0.717) is 17.6 Å². The Morgan fingerprint density at radius 3 is 2.50 bits per heavy atom. The summed E-state index contributed by atoms with van der Waals surface area (Å²) in [7, 11) is 0. The van der Waals surface area contributed by atoms with Gasteiger partial charge in [-0.25, -0.2) is 4.98 Å². The molecule has 0 amide bonds. The summed E-state index contributed by atoms with van der Waals surface area (Å²) in [5.41, 5.74) is 2.13. The van der Waals surface area contributed by atoms with Crippen LogP contribution in [0.5, 0.6) is 0 Å². The highest BCUT2D eigenvalue weighted by atomic mass is 19.4. The zero-order valence-electron chi connectivity index (χ0n) is 14.3. The second-order valence-corrected chi connectivity index (χ2v) is 6.78. The lowest BCUT2D eigenvalue weighted by Gasteiger charge is -2.26. The Morgan fingerprint density at radius 2 is 1.73 bits per heavy atom. The highest BCUT2D eigenvalue weighted by molar-refractivity contribution is 5.76. The van der Waals surface area contributed by atoms with Crippen molar-refractivity contribution in [3.63, 3.8) is 0 Å². The quantitative estimate of drug-likeness (QED) is 0.672. The zero-order chi connectivity index (χ0) is 18.1. The average molecular weight is 359 g/mol. The van der Waals surface area contributed by atoms with Gasteiger partial charge in [0.2, 0.25) is 5.82 Å². The molecule has 26 heavy (non-hydrogen) atoms. The topological polar surface area (TPSA) is 21.1 Å². The fourth-order valence-electron chi connectivity index (χ4n) is 3.82. The number of hydrogen-bond acceptors (Lipinski definition) is 2. The van der Waals surface area contributed by atoms with E-state index in [9.17, 15) is 13.2 Å². The van der Waals surface area contributed by atoms with Gasteiger partial charge < -0.3 is 4.57 Å². The molecule has 4 rings (SSSR count). The first-order valence-corrected chi connectivity index (χ1v) is 8.83. The Labute approximate surface area is 150 Å². The molecule has 2 heterocycles. The van der Waals surface area contributed by atoms with E-state index >= 15 is 0 Å². The molecule has 0 saturated carbocycles. The second-order valence-electron chi connectivity index (χ2n) is 6.78. The van der Waals surface area contributed by atoms with Gasteiger partial charge in [0.15, 0.2) is 0 Å². The number of alkyl halides is 3. The predicted molar refractivity (Wildman–Crippen MR) is 94.6 cm³/mol. The summed E-state index contributed by atoms with van der Waals surface area (Å²) in [6.45, 7) is 1.98. The molecule has 136 valence electrons. The number of nitrogens with zero attached hydrogens (tertiary/aromatic N) is 3. The summed E-state index contributed by atoms with van der Waals surface area (Å²) in [6, 6.07) is 17.0. The summed E-state index contributed by atoms with van der Waals surface area (Å²) in [5, 5.41) is 0. The van der Waals surface area contributed by atoms with Crippen LogP contribution in [0.25, 0.3) is 11.0 Å². The number of para-hydroxylation sites is 2. The highest BCUT2D eigenvalue weighted by Crippen LogP contribution is 2.33. The van der Waals surface area contributed by atoms with Gasteiger partial charge in [-0.2, -0.15) is 13.2 Å². The minimum absolute atomic E-state index is 0.0777. The number of imidazole rings is 1. The summed E-state index contributed by atoms with van der Waals surface area (Å²) >= 11 is 0. The van der Waals surface area contributed by atoms with Gasteiger partial charge in [0.1, 0.15) is 0 Å². The van der Waals surface area contributed by atoms with Crippen LogP contribution in [-0.4, -0.2) is 27.0 Å². The molecule has 1 fully saturated rings. The average Bonchev–Trinajstić information content (AvgIpc) is 3.21. The standard InChI is InChI=1S/C20H20F3N3/c21-20(22,23)19-24-17-10-4-5-11-18(17)26(19)14-16-9-6-12-25(16)13-15-7-2-1-3-8-15/h1-5,7-8,10-11,16H,6,9,12-14H2/t16-/m0/s1. The van der Waals surface area contributed by atoms with E-state index in [2.05, 4.69) is 22.0 Å². The maximum atomic E-state index is 13.5. The number of benzene rings is 2. The number of halogens is 3. The molecule has 2 aromatic carbocycles. The van der Waals surface area contributed by atoms with Crippen molar-refractivity contribution in [2.45, 2.75) is 38.1 Å². The van der Waals surface area contributed by atoms with Crippen LogP contribution in [0.1, 0.15) is 24.2 Å². The minimum Gasteiger partial charge on any atom is -0.319 e. The van der Waals surface area contributed by atoms with Gasteiger partial charge >= 0.3 is 6.18 Å². The number of aromatic nitrogens is 2. The van der Waals surface area contributed by atoms with Crippen LogP contribution < -0.4 is 0 Å². The van der Waals surface area contributed by atoms with Crippen LogP contribution >= 0.6 is 0 Å². The van der Waals surface area contributed by atoms with E-state index in [4.69, 9.17) is 0 Å². The molecule has 6 heteroatoms. The lowest BCUT2D eigenvalue weighted by Crippen LogP contribution is -2.33. The van der Waals surface area contributed by atoms with Crippen LogP contribution in [0.3, 0.4) is 0 Å². The van der Waals surface area contributed by atoms with Gasteiger partial charge in [-0.05, 0) is 37.1 Å². The van der Waals surface area contributed by atoms with Crippen molar-refractivity contribution in [2.75, 3.05) is 6.54 Å². The maximum Gasteiger partial charge on any atom is 0.449 e. The molecule has 3 aromatic rings. The van der Waals surface area contributed by atoms with Crippen LogP contribution in [0, 0.1) is 0 Å². The zero-order valence-corrected chi connectivity index (χ0v) is 14.3. The maximum absolute atomic E-state index is 13.5. The van der Waals surface area contributed by atoms with Crippen molar-refractivity contribution in [2.24, 2.45) is 0 Å². The van der Waals surface area contributed by atoms with Gasteiger partial charge in [0.05, 0.1) is 11.0 Å². The first-order chi connectivity index (χ1) is 12.5. The van der Waals surface area contributed by atoms with E-state index in [1.165, 1.54) is 10.1 Å². The summed E-state index contributed by atoms with van der Waals surface area (Å²) in [4.78, 5) is 6.14. The van der Waals surface area contributed by atoms with Crippen LogP contribution in [0.2, 0.25) is 0 Å². The predicted octanol–water partition coefficient (Wildman–Crippen LogP) is 4.72. The third-order valence-corrected chi connectivity index (χ3v) is 5.03.